The molecule has 0 fully saturated rings. The lowest BCUT2D eigenvalue weighted by Crippen LogP contribution is -2.34. The lowest BCUT2D eigenvalue weighted by Gasteiger charge is -2.25. The number of nitrogens with zero attached hydrogens (tertiary/aromatic N) is 2. The van der Waals surface area contributed by atoms with Crippen molar-refractivity contribution in [3.63, 3.8) is 0 Å². The summed E-state index contributed by atoms with van der Waals surface area (Å²) in [4.78, 5) is 12.0. The van der Waals surface area contributed by atoms with Crippen LogP contribution in [0.1, 0.15) is 23.3 Å². The van der Waals surface area contributed by atoms with Crippen molar-refractivity contribution in [1.82, 2.24) is 5.16 Å². The van der Waals surface area contributed by atoms with Crippen LogP contribution >= 0.6 is 0 Å². The molecule has 130 valence electrons. The van der Waals surface area contributed by atoms with Gasteiger partial charge >= 0.3 is 0 Å². The monoisotopic (exact) mass is 351 g/mol. The molecule has 0 unspecified atom stereocenters. The average Bonchev–Trinajstić information content (AvgIpc) is 2.85. The standard InChI is InChI=1S/C16H21N3O4S/c1-11-6-5-7-12(2)16(11)19(24(4,21)22)9-8-15(20)17-14-10-13(3)23-18-14/h5-7,10H,8-9H2,1-4H3,(H,17,18,20). The zero-order valence-electron chi connectivity index (χ0n) is 14.2. The molecule has 0 saturated heterocycles. The number of sulfonamides is 1. The van der Waals surface area contributed by atoms with Gasteiger partial charge in [-0.1, -0.05) is 23.4 Å². The minimum absolute atomic E-state index is 0.00670. The quantitative estimate of drug-likeness (QED) is 0.862. The van der Waals surface area contributed by atoms with Crippen LogP contribution in [0.15, 0.2) is 28.8 Å². The fourth-order valence-corrected chi connectivity index (χ4v) is 3.52. The number of amides is 1. The Morgan fingerprint density at radius 3 is 2.38 bits per heavy atom. The van der Waals surface area contributed by atoms with Gasteiger partial charge in [-0.3, -0.25) is 9.10 Å². The number of nitrogens with one attached hydrogen (secondary N) is 1. The number of anilines is 2. The molecule has 2 aromatic rings. The van der Waals surface area contributed by atoms with Crippen molar-refractivity contribution in [2.75, 3.05) is 22.4 Å². The van der Waals surface area contributed by atoms with Crippen molar-refractivity contribution >= 4 is 27.4 Å². The number of benzene rings is 1. The maximum atomic E-state index is 12.2. The molecule has 7 nitrogen and oxygen atoms in total. The molecule has 2 rings (SSSR count). The third-order valence-corrected chi connectivity index (χ3v) is 4.69. The maximum Gasteiger partial charge on any atom is 0.232 e. The lowest BCUT2D eigenvalue weighted by molar-refractivity contribution is -0.116. The highest BCUT2D eigenvalue weighted by molar-refractivity contribution is 7.92. The summed E-state index contributed by atoms with van der Waals surface area (Å²) in [6, 6.07) is 7.16. The largest absolute Gasteiger partial charge is 0.360 e. The van der Waals surface area contributed by atoms with E-state index in [1.54, 1.807) is 13.0 Å². The van der Waals surface area contributed by atoms with Crippen LogP contribution in [-0.4, -0.2) is 32.3 Å². The van der Waals surface area contributed by atoms with Gasteiger partial charge in [-0.15, -0.1) is 0 Å². The molecule has 1 heterocycles. The first-order chi connectivity index (χ1) is 11.2. The Labute approximate surface area is 141 Å². The fraction of sp³-hybridized carbons (Fsp3) is 0.375. The van der Waals surface area contributed by atoms with E-state index in [4.69, 9.17) is 4.52 Å². The summed E-state index contributed by atoms with van der Waals surface area (Å²) in [6.07, 6.45) is 1.14. The number of hydrogen-bond donors (Lipinski definition) is 1. The van der Waals surface area contributed by atoms with Gasteiger partial charge < -0.3 is 9.84 Å². The van der Waals surface area contributed by atoms with E-state index in [1.165, 1.54) is 4.31 Å². The van der Waals surface area contributed by atoms with Gasteiger partial charge in [-0.2, -0.15) is 0 Å². The van der Waals surface area contributed by atoms with Crippen LogP contribution in [0.25, 0.3) is 0 Å². The van der Waals surface area contributed by atoms with Crippen LogP contribution in [0.5, 0.6) is 0 Å². The van der Waals surface area contributed by atoms with Crippen molar-refractivity contribution in [3.8, 4) is 0 Å². The zero-order chi connectivity index (χ0) is 17.9. The van der Waals surface area contributed by atoms with E-state index in [-0.39, 0.29) is 18.9 Å². The van der Waals surface area contributed by atoms with Crippen molar-refractivity contribution in [3.05, 3.63) is 41.2 Å². The van der Waals surface area contributed by atoms with Gasteiger partial charge in [0.2, 0.25) is 15.9 Å². The molecule has 1 aromatic carbocycles. The van der Waals surface area contributed by atoms with Crippen molar-refractivity contribution in [2.45, 2.75) is 27.2 Å². The highest BCUT2D eigenvalue weighted by Gasteiger charge is 2.22. The van der Waals surface area contributed by atoms with Gasteiger partial charge in [0.05, 0.1) is 11.9 Å². The third kappa shape index (κ3) is 4.35. The Bertz CT molecular complexity index is 823. The van der Waals surface area contributed by atoms with Crippen LogP contribution in [0, 0.1) is 20.8 Å². The average molecular weight is 351 g/mol. The summed E-state index contributed by atoms with van der Waals surface area (Å²) in [5.41, 5.74) is 2.30. The van der Waals surface area contributed by atoms with Crippen LogP contribution in [0.2, 0.25) is 0 Å². The fourth-order valence-electron chi connectivity index (χ4n) is 2.48. The molecular weight excluding hydrogens is 330 g/mol. The Hall–Kier alpha value is -2.35. The second kappa shape index (κ2) is 7.04. The first-order valence-corrected chi connectivity index (χ1v) is 9.30. The van der Waals surface area contributed by atoms with Gasteiger partial charge in [-0.25, -0.2) is 8.42 Å². The number of carbonyl (C=O) groups is 1. The summed E-state index contributed by atoms with van der Waals surface area (Å²) in [7, 11) is -3.51. The molecule has 0 bridgehead atoms. The highest BCUT2D eigenvalue weighted by atomic mass is 32.2. The number of carbonyl (C=O) groups excluding carboxylic acids is 1. The summed E-state index contributed by atoms with van der Waals surface area (Å²) in [6.45, 7) is 5.46. The molecule has 0 saturated carbocycles. The number of para-hydroxylation sites is 1. The molecule has 1 aromatic heterocycles. The van der Waals surface area contributed by atoms with Gasteiger partial charge in [0.15, 0.2) is 5.82 Å². The topological polar surface area (TPSA) is 92.5 Å². The second-order valence-corrected chi connectivity index (χ2v) is 7.60. The molecule has 1 N–H and O–H groups in total. The third-order valence-electron chi connectivity index (χ3n) is 3.53. The maximum absolute atomic E-state index is 12.2. The molecule has 0 radical (unpaired) electrons. The highest BCUT2D eigenvalue weighted by Crippen LogP contribution is 2.26. The number of hydrogen-bond acceptors (Lipinski definition) is 5. The Balaban J connectivity index is 2.15. The van der Waals surface area contributed by atoms with Crippen molar-refractivity contribution < 1.29 is 17.7 Å². The van der Waals surface area contributed by atoms with Crippen LogP contribution in [0.3, 0.4) is 0 Å². The Morgan fingerprint density at radius 2 is 1.88 bits per heavy atom. The van der Waals surface area contributed by atoms with Crippen LogP contribution in [-0.2, 0) is 14.8 Å². The molecule has 0 atom stereocenters. The van der Waals surface area contributed by atoms with Crippen molar-refractivity contribution in [2.24, 2.45) is 0 Å². The van der Waals surface area contributed by atoms with Gasteiger partial charge in [0, 0.05) is 19.0 Å². The molecule has 0 spiro atoms. The van der Waals surface area contributed by atoms with E-state index in [9.17, 15) is 13.2 Å². The normalized spacial score (nSPS) is 11.3. The minimum atomic E-state index is -3.51. The summed E-state index contributed by atoms with van der Waals surface area (Å²) in [5, 5.41) is 6.26. The van der Waals surface area contributed by atoms with E-state index in [1.807, 2.05) is 32.0 Å². The molecular formula is C16H21N3O4S. The smallest absolute Gasteiger partial charge is 0.232 e. The predicted octanol–water partition coefficient (Wildman–Crippen LogP) is 2.39. The molecule has 0 aliphatic carbocycles. The molecule has 0 aliphatic rings. The molecule has 1 amide bonds. The van der Waals surface area contributed by atoms with Gasteiger partial charge in [0.25, 0.3) is 0 Å². The Kier molecular flexibility index (Phi) is 5.28. The van der Waals surface area contributed by atoms with E-state index < -0.39 is 10.0 Å². The minimum Gasteiger partial charge on any atom is -0.360 e. The molecule has 0 aliphatic heterocycles. The van der Waals surface area contributed by atoms with Gasteiger partial charge in [0.1, 0.15) is 5.76 Å². The second-order valence-electron chi connectivity index (χ2n) is 5.70. The molecule has 8 heteroatoms. The summed E-state index contributed by atoms with van der Waals surface area (Å²) < 4.78 is 30.5. The van der Waals surface area contributed by atoms with Crippen LogP contribution < -0.4 is 9.62 Å². The van der Waals surface area contributed by atoms with E-state index >= 15 is 0 Å². The summed E-state index contributed by atoms with van der Waals surface area (Å²) >= 11 is 0. The number of aromatic nitrogens is 1. The Morgan fingerprint density at radius 1 is 1.25 bits per heavy atom. The predicted molar refractivity (Wildman–Crippen MR) is 92.6 cm³/mol. The van der Waals surface area contributed by atoms with E-state index in [0.29, 0.717) is 17.3 Å². The van der Waals surface area contributed by atoms with Gasteiger partial charge in [-0.05, 0) is 31.9 Å². The van der Waals surface area contributed by atoms with Crippen LogP contribution in [0.4, 0.5) is 11.5 Å². The van der Waals surface area contributed by atoms with Crippen molar-refractivity contribution in [1.29, 1.82) is 0 Å². The first kappa shape index (κ1) is 18.0. The zero-order valence-corrected chi connectivity index (χ0v) is 15.0. The molecule has 24 heavy (non-hydrogen) atoms. The van der Waals surface area contributed by atoms with E-state index in [2.05, 4.69) is 10.5 Å². The van der Waals surface area contributed by atoms with E-state index in [0.717, 1.165) is 17.4 Å². The first-order valence-electron chi connectivity index (χ1n) is 7.45. The summed E-state index contributed by atoms with van der Waals surface area (Å²) in [5.74, 6) is 0.567. The lowest BCUT2D eigenvalue weighted by atomic mass is 10.1. The number of rotatable bonds is 6. The SMILES string of the molecule is Cc1cc(NC(=O)CCN(c2c(C)cccc2C)S(C)(=O)=O)no1. The number of aryl methyl sites for hydroxylation is 3.